The van der Waals surface area contributed by atoms with Crippen molar-refractivity contribution in [1.82, 2.24) is 0 Å². The SMILES string of the molecule is CC(C)(C)S.I. The van der Waals surface area contributed by atoms with Gasteiger partial charge in [-0.15, -0.1) is 24.0 Å². The quantitative estimate of drug-likeness (QED) is 0.468. The van der Waals surface area contributed by atoms with Gasteiger partial charge < -0.3 is 0 Å². The van der Waals surface area contributed by atoms with E-state index in [-0.39, 0.29) is 28.7 Å². The zero-order valence-electron chi connectivity index (χ0n) is 4.36. The van der Waals surface area contributed by atoms with Crippen LogP contribution in [0.1, 0.15) is 20.8 Å². The van der Waals surface area contributed by atoms with E-state index in [9.17, 15) is 0 Å². The third-order valence-corrected chi connectivity index (χ3v) is 0. The molecule has 0 aromatic rings. The second-order valence-electron chi connectivity index (χ2n) is 2.17. The highest BCUT2D eigenvalue weighted by atomic mass is 127. The fraction of sp³-hybridized carbons (Fsp3) is 1.00. The first-order valence-electron chi connectivity index (χ1n) is 1.72. The van der Waals surface area contributed by atoms with Gasteiger partial charge in [0.25, 0.3) is 0 Å². The molecule has 0 radical (unpaired) electrons. The summed E-state index contributed by atoms with van der Waals surface area (Å²) >= 11 is 4.12. The third-order valence-electron chi connectivity index (χ3n) is 0. The average molecular weight is 218 g/mol. The Morgan fingerprint density at radius 1 is 1.17 bits per heavy atom. The molecule has 0 unspecified atom stereocenters. The number of hydrogen-bond donors (Lipinski definition) is 1. The number of halogens is 1. The van der Waals surface area contributed by atoms with E-state index in [1.807, 2.05) is 0 Å². The van der Waals surface area contributed by atoms with Crippen LogP contribution in [0.2, 0.25) is 0 Å². The molecule has 0 amide bonds. The van der Waals surface area contributed by atoms with Gasteiger partial charge in [-0.3, -0.25) is 0 Å². The van der Waals surface area contributed by atoms with Crippen molar-refractivity contribution in [2.75, 3.05) is 0 Å². The zero-order valence-corrected chi connectivity index (χ0v) is 7.58. The minimum Gasteiger partial charge on any atom is -0.173 e. The van der Waals surface area contributed by atoms with E-state index in [4.69, 9.17) is 0 Å². The Morgan fingerprint density at radius 3 is 1.17 bits per heavy atom. The lowest BCUT2D eigenvalue weighted by atomic mass is 10.3. The first kappa shape index (κ1) is 10.1. The fourth-order valence-corrected chi connectivity index (χ4v) is 0. The molecule has 0 saturated carbocycles. The van der Waals surface area contributed by atoms with Crippen LogP contribution in [0.4, 0.5) is 0 Å². The molecule has 6 heavy (non-hydrogen) atoms. The standard InChI is InChI=1S/C4H10S.HI/c1-4(2,3)5;/h5H,1-3H3;1H. The molecule has 0 aromatic carbocycles. The van der Waals surface area contributed by atoms with Crippen LogP contribution in [0.5, 0.6) is 0 Å². The monoisotopic (exact) mass is 218 g/mol. The summed E-state index contributed by atoms with van der Waals surface area (Å²) in [6, 6.07) is 0. The van der Waals surface area contributed by atoms with Gasteiger partial charge in [0.15, 0.2) is 0 Å². The Hall–Kier alpha value is 1.08. The van der Waals surface area contributed by atoms with Crippen LogP contribution < -0.4 is 0 Å². The summed E-state index contributed by atoms with van der Waals surface area (Å²) in [7, 11) is 0. The van der Waals surface area contributed by atoms with Crippen molar-refractivity contribution in [3.05, 3.63) is 0 Å². The summed E-state index contributed by atoms with van der Waals surface area (Å²) in [5, 5.41) is 0. The molecule has 0 aliphatic heterocycles. The molecular weight excluding hydrogens is 207 g/mol. The minimum absolute atomic E-state index is 0. The maximum atomic E-state index is 4.12. The van der Waals surface area contributed by atoms with Crippen LogP contribution >= 0.6 is 36.6 Å². The molecule has 2 heteroatoms. The summed E-state index contributed by atoms with van der Waals surface area (Å²) < 4.78 is 0.194. The minimum atomic E-state index is 0. The summed E-state index contributed by atoms with van der Waals surface area (Å²) in [5.41, 5.74) is 0. The fourth-order valence-electron chi connectivity index (χ4n) is 0. The molecule has 0 rings (SSSR count). The maximum absolute atomic E-state index is 4.12. The van der Waals surface area contributed by atoms with Gasteiger partial charge in [0.2, 0.25) is 0 Å². The summed E-state index contributed by atoms with van der Waals surface area (Å²) in [6.07, 6.45) is 0. The van der Waals surface area contributed by atoms with Crippen molar-refractivity contribution in [2.45, 2.75) is 25.5 Å². The van der Waals surface area contributed by atoms with E-state index in [0.29, 0.717) is 0 Å². The highest BCUT2D eigenvalue weighted by Gasteiger charge is 1.96. The van der Waals surface area contributed by atoms with Gasteiger partial charge in [0.1, 0.15) is 0 Å². The van der Waals surface area contributed by atoms with Crippen molar-refractivity contribution in [2.24, 2.45) is 0 Å². The largest absolute Gasteiger partial charge is 0.173 e. The van der Waals surface area contributed by atoms with E-state index in [0.717, 1.165) is 0 Å². The van der Waals surface area contributed by atoms with E-state index in [1.54, 1.807) is 0 Å². The van der Waals surface area contributed by atoms with Crippen LogP contribution in [-0.2, 0) is 0 Å². The smallest absolute Gasteiger partial charge is 0.00449 e. The summed E-state index contributed by atoms with van der Waals surface area (Å²) in [4.78, 5) is 0. The van der Waals surface area contributed by atoms with Crippen molar-refractivity contribution in [3.63, 3.8) is 0 Å². The van der Waals surface area contributed by atoms with Crippen molar-refractivity contribution < 1.29 is 0 Å². The van der Waals surface area contributed by atoms with Gasteiger partial charge >= 0.3 is 0 Å². The van der Waals surface area contributed by atoms with Crippen molar-refractivity contribution in [3.8, 4) is 0 Å². The molecule has 0 heterocycles. The van der Waals surface area contributed by atoms with Gasteiger partial charge in [0.05, 0.1) is 0 Å². The predicted octanol–water partition coefficient (Wildman–Crippen LogP) is 2.33. The van der Waals surface area contributed by atoms with Crippen LogP contribution in [0, 0.1) is 0 Å². The van der Waals surface area contributed by atoms with E-state index in [1.165, 1.54) is 0 Å². The first-order valence-corrected chi connectivity index (χ1v) is 2.17. The highest BCUT2D eigenvalue weighted by molar-refractivity contribution is 14.0. The molecule has 0 aliphatic carbocycles. The number of thiol groups is 1. The van der Waals surface area contributed by atoms with Crippen LogP contribution in [0.3, 0.4) is 0 Å². The van der Waals surface area contributed by atoms with E-state index >= 15 is 0 Å². The van der Waals surface area contributed by atoms with Crippen LogP contribution in [0.25, 0.3) is 0 Å². The Bertz CT molecular complexity index is 23.0. The average Bonchev–Trinajstić information content (AvgIpc) is 0.722. The Morgan fingerprint density at radius 2 is 1.17 bits per heavy atom. The summed E-state index contributed by atoms with van der Waals surface area (Å²) in [5.74, 6) is 0. The lowest BCUT2D eigenvalue weighted by molar-refractivity contribution is 0.812. The lowest BCUT2D eigenvalue weighted by Gasteiger charge is -2.04. The van der Waals surface area contributed by atoms with E-state index in [2.05, 4.69) is 33.4 Å². The Labute approximate surface area is 62.1 Å². The second kappa shape index (κ2) is 3.13. The lowest BCUT2D eigenvalue weighted by Crippen LogP contribution is -1.99. The molecule has 0 nitrogen and oxygen atoms in total. The van der Waals surface area contributed by atoms with Gasteiger partial charge in [-0.25, -0.2) is 0 Å². The van der Waals surface area contributed by atoms with Gasteiger partial charge in [-0.2, -0.15) is 12.6 Å². The first-order chi connectivity index (χ1) is 2.00. The molecule has 0 saturated heterocycles. The second-order valence-corrected chi connectivity index (χ2v) is 3.51. The van der Waals surface area contributed by atoms with Crippen molar-refractivity contribution >= 4 is 36.6 Å². The molecule has 0 aromatic heterocycles. The molecule has 0 N–H and O–H groups in total. The zero-order chi connectivity index (χ0) is 4.50. The highest BCUT2D eigenvalue weighted by Crippen LogP contribution is 2.07. The number of hydrogen-bond acceptors (Lipinski definition) is 1. The molecule has 0 atom stereocenters. The van der Waals surface area contributed by atoms with E-state index < -0.39 is 0 Å². The molecule has 0 fully saturated rings. The maximum Gasteiger partial charge on any atom is 0.00449 e. The normalized spacial score (nSPS) is 10.0. The van der Waals surface area contributed by atoms with Crippen LogP contribution in [0.15, 0.2) is 0 Å². The molecule has 0 bridgehead atoms. The van der Waals surface area contributed by atoms with Gasteiger partial charge in [-0.05, 0) is 0 Å². The predicted molar refractivity (Wildman–Crippen MR) is 44.2 cm³/mol. The van der Waals surface area contributed by atoms with Crippen molar-refractivity contribution in [1.29, 1.82) is 0 Å². The third kappa shape index (κ3) is 72.5. The summed E-state index contributed by atoms with van der Waals surface area (Å²) in [6.45, 7) is 6.16. The number of rotatable bonds is 0. The molecular formula is C4H11IS. The topological polar surface area (TPSA) is 0 Å². The Kier molecular flexibility index (Phi) is 5.29. The van der Waals surface area contributed by atoms with Gasteiger partial charge in [0, 0.05) is 4.75 Å². The Balaban J connectivity index is 0. The molecule has 40 valence electrons. The molecule has 0 aliphatic rings. The van der Waals surface area contributed by atoms with Gasteiger partial charge in [-0.1, -0.05) is 20.8 Å². The molecule has 0 spiro atoms. The van der Waals surface area contributed by atoms with Crippen LogP contribution in [-0.4, -0.2) is 4.75 Å².